The third-order valence-electron chi connectivity index (χ3n) is 4.84. The number of benzene rings is 1. The van der Waals surface area contributed by atoms with Crippen molar-refractivity contribution in [3.05, 3.63) is 53.2 Å². The van der Waals surface area contributed by atoms with Gasteiger partial charge in [0.1, 0.15) is 29.2 Å². The number of aromatic nitrogens is 3. The molecule has 3 aromatic rings. The number of hydrogen-bond acceptors (Lipinski definition) is 6. The van der Waals surface area contributed by atoms with Crippen LogP contribution in [0.3, 0.4) is 0 Å². The molecule has 2 aromatic heterocycles. The predicted molar refractivity (Wildman–Crippen MR) is 99.3 cm³/mol. The molecule has 2 atom stereocenters. The maximum atomic E-state index is 14.3. The molecule has 152 valence electrons. The summed E-state index contributed by atoms with van der Waals surface area (Å²) in [7, 11) is 0. The Morgan fingerprint density at radius 2 is 2.14 bits per heavy atom. The van der Waals surface area contributed by atoms with Crippen LogP contribution in [0.1, 0.15) is 35.3 Å². The van der Waals surface area contributed by atoms with Crippen molar-refractivity contribution in [3.63, 3.8) is 0 Å². The normalized spacial score (nSPS) is 19.1. The second-order valence-corrected chi connectivity index (χ2v) is 6.70. The van der Waals surface area contributed by atoms with Crippen molar-refractivity contribution in [3.8, 4) is 0 Å². The summed E-state index contributed by atoms with van der Waals surface area (Å²) in [5, 5.41) is 4.03. The Morgan fingerprint density at radius 1 is 1.34 bits per heavy atom. The van der Waals surface area contributed by atoms with E-state index in [-0.39, 0.29) is 48.0 Å². The highest BCUT2D eigenvalue weighted by molar-refractivity contribution is 6.00. The van der Waals surface area contributed by atoms with Crippen LogP contribution in [0.15, 0.2) is 30.5 Å². The molecule has 29 heavy (non-hydrogen) atoms. The molecule has 1 aliphatic rings. The summed E-state index contributed by atoms with van der Waals surface area (Å²) in [4.78, 5) is 18.2. The van der Waals surface area contributed by atoms with Gasteiger partial charge < -0.3 is 15.4 Å². The van der Waals surface area contributed by atoms with Crippen molar-refractivity contribution in [1.82, 2.24) is 14.6 Å². The summed E-state index contributed by atoms with van der Waals surface area (Å²) in [6.07, 6.45) is 0.251. The van der Waals surface area contributed by atoms with Crippen molar-refractivity contribution in [1.29, 1.82) is 0 Å². The van der Waals surface area contributed by atoms with Crippen LogP contribution >= 0.6 is 0 Å². The van der Waals surface area contributed by atoms with E-state index in [1.807, 2.05) is 0 Å². The number of fused-ring (bicyclic) bond motifs is 1. The number of carbonyl (C=O) groups is 1. The average Bonchev–Trinajstić information content (AvgIpc) is 3.22. The first-order chi connectivity index (χ1) is 13.9. The molecule has 0 amide bonds. The van der Waals surface area contributed by atoms with Crippen LogP contribution in [-0.4, -0.2) is 39.9 Å². The number of rotatable bonds is 4. The first kappa shape index (κ1) is 19.0. The van der Waals surface area contributed by atoms with E-state index in [0.29, 0.717) is 0 Å². The zero-order chi connectivity index (χ0) is 20.7. The van der Waals surface area contributed by atoms with Gasteiger partial charge >= 0.3 is 5.97 Å². The topological polar surface area (TPSA) is 85.8 Å². The number of halogens is 3. The van der Waals surface area contributed by atoms with Crippen molar-refractivity contribution in [2.24, 2.45) is 0 Å². The zero-order valence-electron chi connectivity index (χ0n) is 15.5. The third kappa shape index (κ3) is 3.34. The minimum atomic E-state index is -1.25. The van der Waals surface area contributed by atoms with Gasteiger partial charge in [0, 0.05) is 18.2 Å². The SMILES string of the molecule is CCOC(=O)c1c(N)nn2ccc(N3C[C@H](F)C[C@@H]3c3cc(F)ccc3F)nc12. The van der Waals surface area contributed by atoms with Crippen LogP contribution in [0.5, 0.6) is 0 Å². The summed E-state index contributed by atoms with van der Waals surface area (Å²) in [6, 6.07) is 3.89. The summed E-state index contributed by atoms with van der Waals surface area (Å²) in [5.41, 5.74) is 6.01. The molecule has 0 radical (unpaired) electrons. The van der Waals surface area contributed by atoms with Gasteiger partial charge in [-0.05, 0) is 31.2 Å². The van der Waals surface area contributed by atoms with Gasteiger partial charge in [-0.15, -0.1) is 5.10 Å². The standard InChI is InChI=1S/C19H18F3N5O2/c1-2-29-19(28)16-17(23)25-27-6-5-15(24-18(16)27)26-9-11(21)8-14(26)12-7-10(20)3-4-13(12)22/h3-7,11,14H,2,8-9H2,1H3,(H2,23,25)/t11-,14-/m1/s1. The zero-order valence-corrected chi connectivity index (χ0v) is 15.5. The van der Waals surface area contributed by atoms with E-state index < -0.39 is 29.8 Å². The molecular weight excluding hydrogens is 387 g/mol. The molecule has 2 N–H and O–H groups in total. The van der Waals surface area contributed by atoms with E-state index in [2.05, 4.69) is 10.1 Å². The van der Waals surface area contributed by atoms with Crippen LogP contribution in [0, 0.1) is 11.6 Å². The Balaban J connectivity index is 1.79. The van der Waals surface area contributed by atoms with Crippen molar-refractivity contribution >= 4 is 23.3 Å². The minimum absolute atomic E-state index is 0.00168. The fraction of sp³-hybridized carbons (Fsp3) is 0.316. The molecule has 0 aliphatic carbocycles. The molecule has 10 heteroatoms. The highest BCUT2D eigenvalue weighted by Gasteiger charge is 2.36. The molecule has 1 aliphatic heterocycles. The van der Waals surface area contributed by atoms with Crippen molar-refractivity contribution in [2.75, 3.05) is 23.8 Å². The fourth-order valence-corrected chi connectivity index (χ4v) is 3.60. The number of anilines is 2. The molecule has 0 saturated carbocycles. The van der Waals surface area contributed by atoms with E-state index in [0.717, 1.165) is 18.2 Å². The number of esters is 1. The second-order valence-electron chi connectivity index (χ2n) is 6.70. The number of hydrogen-bond donors (Lipinski definition) is 1. The maximum absolute atomic E-state index is 14.3. The monoisotopic (exact) mass is 405 g/mol. The lowest BCUT2D eigenvalue weighted by atomic mass is 10.0. The molecule has 1 fully saturated rings. The molecule has 0 unspecified atom stereocenters. The van der Waals surface area contributed by atoms with Gasteiger partial charge in [0.15, 0.2) is 11.5 Å². The molecular formula is C19H18F3N5O2. The Labute approximate surface area is 163 Å². The van der Waals surface area contributed by atoms with Gasteiger partial charge in [0.05, 0.1) is 19.2 Å². The first-order valence-corrected chi connectivity index (χ1v) is 9.06. The summed E-state index contributed by atoms with van der Waals surface area (Å²) in [5.74, 6) is -1.68. The lowest BCUT2D eigenvalue weighted by Gasteiger charge is -2.26. The highest BCUT2D eigenvalue weighted by Crippen LogP contribution is 2.38. The second kappa shape index (κ2) is 7.26. The van der Waals surface area contributed by atoms with Crippen LogP contribution in [0.25, 0.3) is 5.65 Å². The van der Waals surface area contributed by atoms with E-state index in [9.17, 15) is 18.0 Å². The van der Waals surface area contributed by atoms with Crippen LogP contribution in [0.4, 0.5) is 24.8 Å². The third-order valence-corrected chi connectivity index (χ3v) is 4.84. The van der Waals surface area contributed by atoms with Gasteiger partial charge in [-0.2, -0.15) is 0 Å². The van der Waals surface area contributed by atoms with Crippen LogP contribution in [0.2, 0.25) is 0 Å². The number of ether oxygens (including phenoxy) is 1. The minimum Gasteiger partial charge on any atom is -0.462 e. The van der Waals surface area contributed by atoms with E-state index >= 15 is 0 Å². The average molecular weight is 405 g/mol. The van der Waals surface area contributed by atoms with Gasteiger partial charge in [-0.25, -0.2) is 27.5 Å². The molecule has 0 bridgehead atoms. The largest absolute Gasteiger partial charge is 0.462 e. The van der Waals surface area contributed by atoms with Gasteiger partial charge in [-0.3, -0.25) is 0 Å². The predicted octanol–water partition coefficient (Wildman–Crippen LogP) is 3.06. The number of carbonyl (C=O) groups excluding carboxylic acids is 1. The molecule has 3 heterocycles. The fourth-order valence-electron chi connectivity index (χ4n) is 3.60. The summed E-state index contributed by atoms with van der Waals surface area (Å²) < 4.78 is 48.6. The van der Waals surface area contributed by atoms with E-state index in [4.69, 9.17) is 10.5 Å². The van der Waals surface area contributed by atoms with Crippen LogP contribution < -0.4 is 10.6 Å². The van der Waals surface area contributed by atoms with E-state index in [1.54, 1.807) is 17.9 Å². The number of nitrogen functional groups attached to an aromatic ring is 1. The Hall–Kier alpha value is -3.30. The Kier molecular flexibility index (Phi) is 4.77. The first-order valence-electron chi connectivity index (χ1n) is 9.06. The lowest BCUT2D eigenvalue weighted by Crippen LogP contribution is -2.25. The van der Waals surface area contributed by atoms with Gasteiger partial charge in [0.2, 0.25) is 0 Å². The quantitative estimate of drug-likeness (QED) is 0.672. The van der Waals surface area contributed by atoms with Crippen molar-refractivity contribution < 1.29 is 22.7 Å². The molecule has 0 spiro atoms. The molecule has 1 saturated heterocycles. The van der Waals surface area contributed by atoms with E-state index in [1.165, 1.54) is 10.7 Å². The van der Waals surface area contributed by atoms with Crippen LogP contribution in [-0.2, 0) is 4.74 Å². The number of alkyl halides is 1. The van der Waals surface area contributed by atoms with Gasteiger partial charge in [-0.1, -0.05) is 0 Å². The summed E-state index contributed by atoms with van der Waals surface area (Å²) >= 11 is 0. The Bertz CT molecular complexity index is 1090. The number of nitrogens with two attached hydrogens (primary N) is 1. The summed E-state index contributed by atoms with van der Waals surface area (Å²) in [6.45, 7) is 1.75. The highest BCUT2D eigenvalue weighted by atomic mass is 19.1. The maximum Gasteiger partial charge on any atom is 0.345 e. The smallest absolute Gasteiger partial charge is 0.345 e. The molecule has 1 aromatic carbocycles. The number of nitrogens with zero attached hydrogens (tertiary/aromatic N) is 4. The Morgan fingerprint density at radius 3 is 2.90 bits per heavy atom. The van der Waals surface area contributed by atoms with Gasteiger partial charge in [0.25, 0.3) is 0 Å². The lowest BCUT2D eigenvalue weighted by molar-refractivity contribution is 0.0529. The van der Waals surface area contributed by atoms with Crippen molar-refractivity contribution in [2.45, 2.75) is 25.6 Å². The molecule has 4 rings (SSSR count). The molecule has 7 nitrogen and oxygen atoms in total.